The first-order valence-electron chi connectivity index (χ1n) is 9.00. The molecule has 0 amide bonds. The van der Waals surface area contributed by atoms with Crippen molar-refractivity contribution in [2.45, 2.75) is 27.7 Å². The van der Waals surface area contributed by atoms with Crippen LogP contribution in [0, 0.1) is 20.8 Å². The monoisotopic (exact) mass is 432 g/mol. The number of hydrogen-bond acceptors (Lipinski definition) is 5. The van der Waals surface area contributed by atoms with Gasteiger partial charge in [0.05, 0.1) is 17.3 Å². The predicted molar refractivity (Wildman–Crippen MR) is 110 cm³/mol. The second kappa shape index (κ2) is 7.24. The number of rotatable bonds is 4. The molecule has 0 radical (unpaired) electrons. The Labute approximate surface area is 176 Å². The smallest absolute Gasteiger partial charge is 0.358 e. The molecule has 0 aliphatic carbocycles. The molecule has 4 rings (SSSR count). The molecule has 0 saturated carbocycles. The number of carbonyl (C=O) groups is 1. The van der Waals surface area contributed by atoms with Gasteiger partial charge in [-0.15, -0.1) is 0 Å². The number of carbonyl (C=O) groups excluding carboxylic acids is 1. The molecule has 150 valence electrons. The molecule has 1 aromatic carbocycles. The third-order valence-electron chi connectivity index (χ3n) is 4.55. The maximum atomic E-state index is 12.1. The van der Waals surface area contributed by atoms with E-state index in [1.165, 1.54) is 0 Å². The van der Waals surface area contributed by atoms with Crippen LogP contribution in [0.3, 0.4) is 0 Å². The first kappa shape index (κ1) is 19.5. The van der Waals surface area contributed by atoms with Gasteiger partial charge in [-0.25, -0.2) is 9.48 Å². The molecule has 4 aromatic rings. The Balaban J connectivity index is 1.91. The van der Waals surface area contributed by atoms with Crippen LogP contribution >= 0.6 is 23.2 Å². The lowest BCUT2D eigenvalue weighted by Gasteiger charge is -2.03. The average Bonchev–Trinajstić information content (AvgIpc) is 3.27. The van der Waals surface area contributed by atoms with Crippen LogP contribution in [0.4, 0.5) is 0 Å². The number of benzene rings is 1. The van der Waals surface area contributed by atoms with E-state index in [0.717, 1.165) is 17.0 Å². The predicted octanol–water partition coefficient (Wildman–Crippen LogP) is 5.19. The normalized spacial score (nSPS) is 11.4. The summed E-state index contributed by atoms with van der Waals surface area (Å²) in [5.41, 5.74) is 4.31. The molecule has 0 aliphatic rings. The van der Waals surface area contributed by atoms with Crippen LogP contribution in [-0.2, 0) is 4.74 Å². The Kier molecular flexibility index (Phi) is 4.88. The third-order valence-corrected chi connectivity index (χ3v) is 5.10. The van der Waals surface area contributed by atoms with Crippen molar-refractivity contribution in [2.24, 2.45) is 0 Å². The second-order valence-corrected chi connectivity index (χ2v) is 7.43. The molecule has 0 fully saturated rings. The van der Waals surface area contributed by atoms with E-state index in [0.29, 0.717) is 32.9 Å². The van der Waals surface area contributed by atoms with Crippen LogP contribution in [0.15, 0.2) is 28.7 Å². The van der Waals surface area contributed by atoms with Gasteiger partial charge in [-0.05, 0) is 52.0 Å². The minimum absolute atomic E-state index is 0.229. The summed E-state index contributed by atoms with van der Waals surface area (Å²) in [6, 6.07) is 6.95. The molecule has 0 saturated heterocycles. The number of esters is 1. The topological polar surface area (TPSA) is 74.6 Å². The van der Waals surface area contributed by atoms with Crippen molar-refractivity contribution >= 4 is 34.9 Å². The van der Waals surface area contributed by atoms with Gasteiger partial charge in [0.15, 0.2) is 11.4 Å². The molecule has 0 N–H and O–H groups in total. The van der Waals surface area contributed by atoms with Gasteiger partial charge in [0.2, 0.25) is 5.71 Å². The van der Waals surface area contributed by atoms with E-state index in [1.54, 1.807) is 34.3 Å². The number of nitrogens with zero attached hydrogens (tertiary/aromatic N) is 4. The Morgan fingerprint density at radius 2 is 1.93 bits per heavy atom. The summed E-state index contributed by atoms with van der Waals surface area (Å²) in [5, 5.41) is 10.1. The second-order valence-electron chi connectivity index (χ2n) is 6.59. The SMILES string of the molecule is CCOC(=O)c1cc(C)n(-c2c(C)nn3c(-c4ccc(Cl)cc4Cl)c(C)oc23)n1. The van der Waals surface area contributed by atoms with Crippen LogP contribution in [0.25, 0.3) is 22.7 Å². The van der Waals surface area contributed by atoms with Gasteiger partial charge >= 0.3 is 5.97 Å². The van der Waals surface area contributed by atoms with Crippen LogP contribution in [0.1, 0.15) is 34.6 Å². The van der Waals surface area contributed by atoms with Crippen LogP contribution < -0.4 is 0 Å². The molecule has 0 atom stereocenters. The number of fused-ring (bicyclic) bond motifs is 1. The maximum Gasteiger partial charge on any atom is 0.358 e. The van der Waals surface area contributed by atoms with Gasteiger partial charge in [0, 0.05) is 16.3 Å². The fraction of sp³-hybridized carbons (Fsp3) is 0.250. The highest BCUT2D eigenvalue weighted by Crippen LogP contribution is 2.36. The first-order valence-corrected chi connectivity index (χ1v) is 9.75. The lowest BCUT2D eigenvalue weighted by atomic mass is 10.1. The van der Waals surface area contributed by atoms with Crippen molar-refractivity contribution in [3.8, 4) is 16.9 Å². The van der Waals surface area contributed by atoms with Crippen LogP contribution in [0.2, 0.25) is 10.0 Å². The quantitative estimate of drug-likeness (QED) is 0.414. The van der Waals surface area contributed by atoms with Gasteiger partial charge < -0.3 is 9.15 Å². The zero-order valence-corrected chi connectivity index (χ0v) is 17.8. The molecule has 0 bridgehead atoms. The zero-order valence-electron chi connectivity index (χ0n) is 16.3. The molecule has 3 aromatic heterocycles. The summed E-state index contributed by atoms with van der Waals surface area (Å²) in [7, 11) is 0. The molecule has 0 spiro atoms. The summed E-state index contributed by atoms with van der Waals surface area (Å²) in [6.07, 6.45) is 0. The van der Waals surface area contributed by atoms with Gasteiger partial charge in [-0.1, -0.05) is 23.2 Å². The first-order chi connectivity index (χ1) is 13.8. The van der Waals surface area contributed by atoms with Gasteiger partial charge in [-0.3, -0.25) is 0 Å². The van der Waals surface area contributed by atoms with E-state index in [-0.39, 0.29) is 12.3 Å². The van der Waals surface area contributed by atoms with Crippen molar-refractivity contribution in [3.63, 3.8) is 0 Å². The number of ether oxygens (including phenoxy) is 1. The number of oxazole rings is 1. The van der Waals surface area contributed by atoms with E-state index in [4.69, 9.17) is 32.4 Å². The van der Waals surface area contributed by atoms with Gasteiger partial charge in [0.25, 0.3) is 0 Å². The summed E-state index contributed by atoms with van der Waals surface area (Å²) in [5.74, 6) is 0.174. The van der Waals surface area contributed by atoms with Crippen molar-refractivity contribution < 1.29 is 13.9 Å². The minimum Gasteiger partial charge on any atom is -0.461 e. The Morgan fingerprint density at radius 1 is 1.17 bits per heavy atom. The minimum atomic E-state index is -0.473. The number of halogens is 2. The summed E-state index contributed by atoms with van der Waals surface area (Å²) in [6.45, 7) is 7.58. The standard InChI is InChI=1S/C20H18Cl2N4O3/c1-5-28-20(27)16-8-10(2)25(24-16)17-11(3)23-26-18(12(4)29-19(17)26)14-7-6-13(21)9-15(14)22/h6-9H,5H2,1-4H3. The van der Waals surface area contributed by atoms with Crippen molar-refractivity contribution in [1.29, 1.82) is 0 Å². The molecule has 7 nitrogen and oxygen atoms in total. The lowest BCUT2D eigenvalue weighted by Crippen LogP contribution is -2.07. The molecular weight excluding hydrogens is 415 g/mol. The number of aromatic nitrogens is 4. The largest absolute Gasteiger partial charge is 0.461 e. The highest BCUT2D eigenvalue weighted by atomic mass is 35.5. The van der Waals surface area contributed by atoms with Gasteiger partial charge in [-0.2, -0.15) is 14.7 Å². The molecule has 3 heterocycles. The highest BCUT2D eigenvalue weighted by molar-refractivity contribution is 6.36. The van der Waals surface area contributed by atoms with Crippen LogP contribution in [-0.4, -0.2) is 32.0 Å². The highest BCUT2D eigenvalue weighted by Gasteiger charge is 2.25. The van der Waals surface area contributed by atoms with Crippen molar-refractivity contribution in [1.82, 2.24) is 19.4 Å². The maximum absolute atomic E-state index is 12.1. The Morgan fingerprint density at radius 3 is 2.62 bits per heavy atom. The fourth-order valence-electron chi connectivity index (χ4n) is 3.32. The van der Waals surface area contributed by atoms with E-state index in [2.05, 4.69) is 10.2 Å². The summed E-state index contributed by atoms with van der Waals surface area (Å²) >= 11 is 12.4. The number of hydrogen-bond donors (Lipinski definition) is 0. The van der Waals surface area contributed by atoms with E-state index in [9.17, 15) is 4.79 Å². The lowest BCUT2D eigenvalue weighted by molar-refractivity contribution is 0.0519. The molecule has 29 heavy (non-hydrogen) atoms. The zero-order chi connectivity index (χ0) is 20.9. The number of aryl methyl sites for hydroxylation is 3. The summed E-state index contributed by atoms with van der Waals surface area (Å²) in [4.78, 5) is 12.1. The van der Waals surface area contributed by atoms with E-state index < -0.39 is 5.97 Å². The van der Waals surface area contributed by atoms with E-state index >= 15 is 0 Å². The molecule has 9 heteroatoms. The van der Waals surface area contributed by atoms with Crippen molar-refractivity contribution in [2.75, 3.05) is 6.61 Å². The Hall–Kier alpha value is -2.77. The van der Waals surface area contributed by atoms with Crippen LogP contribution in [0.5, 0.6) is 0 Å². The molecular formula is C20H18Cl2N4O3. The van der Waals surface area contributed by atoms with E-state index in [1.807, 2.05) is 26.8 Å². The molecule has 0 unspecified atom stereocenters. The average molecular weight is 433 g/mol. The van der Waals surface area contributed by atoms with Gasteiger partial charge in [0.1, 0.15) is 11.5 Å². The summed E-state index contributed by atoms with van der Waals surface area (Å²) < 4.78 is 14.4. The fourth-order valence-corrected chi connectivity index (χ4v) is 3.82. The molecule has 0 aliphatic heterocycles. The Bertz CT molecular complexity index is 1250. The third kappa shape index (κ3) is 3.20. The van der Waals surface area contributed by atoms with Crippen molar-refractivity contribution in [3.05, 3.63) is 57.2 Å².